The van der Waals surface area contributed by atoms with Gasteiger partial charge in [0.1, 0.15) is 0 Å². The van der Waals surface area contributed by atoms with Gasteiger partial charge in [0.15, 0.2) is 6.29 Å². The second-order valence-corrected chi connectivity index (χ2v) is 5.17. The van der Waals surface area contributed by atoms with Crippen LogP contribution >= 0.6 is 0 Å². The number of rotatable bonds is 3. The highest BCUT2D eigenvalue weighted by Crippen LogP contribution is 2.29. The normalized spacial score (nSPS) is 39.3. The Balaban J connectivity index is 1.83. The van der Waals surface area contributed by atoms with E-state index < -0.39 is 0 Å². The van der Waals surface area contributed by atoms with Gasteiger partial charge in [-0.05, 0) is 32.6 Å². The summed E-state index contributed by atoms with van der Waals surface area (Å²) in [5.74, 6) is 0. The molecule has 0 radical (unpaired) electrons. The molecule has 4 atom stereocenters. The number of hydrogen-bond acceptors (Lipinski definition) is 3. The van der Waals surface area contributed by atoms with Gasteiger partial charge in [0.05, 0.1) is 24.9 Å². The minimum absolute atomic E-state index is 0.0671. The Bertz CT molecular complexity index is 264. The van der Waals surface area contributed by atoms with E-state index in [9.17, 15) is 0 Å². The molecule has 2 saturated heterocycles. The SMILES string of the molecule is C=C1CC(CC)OC(CC2CCOC(C)O2)C1. The standard InChI is InChI=1S/C14H24O3/c1-4-12-7-10(2)8-14(17-12)9-13-5-6-15-11(3)16-13/h11-14H,2,4-9H2,1,3H3. The van der Waals surface area contributed by atoms with E-state index in [0.717, 1.165) is 38.7 Å². The molecular weight excluding hydrogens is 216 g/mol. The highest BCUT2D eigenvalue weighted by molar-refractivity contribution is 5.02. The van der Waals surface area contributed by atoms with E-state index in [0.29, 0.717) is 6.10 Å². The van der Waals surface area contributed by atoms with Gasteiger partial charge in [-0.2, -0.15) is 0 Å². The Morgan fingerprint density at radius 2 is 1.94 bits per heavy atom. The molecule has 0 aromatic carbocycles. The van der Waals surface area contributed by atoms with Gasteiger partial charge < -0.3 is 14.2 Å². The minimum Gasteiger partial charge on any atom is -0.374 e. The fourth-order valence-electron chi connectivity index (χ4n) is 2.69. The van der Waals surface area contributed by atoms with E-state index in [-0.39, 0.29) is 18.5 Å². The molecule has 0 bridgehead atoms. The highest BCUT2D eigenvalue weighted by Gasteiger charge is 2.28. The second kappa shape index (κ2) is 5.98. The van der Waals surface area contributed by atoms with Crippen LogP contribution in [0.15, 0.2) is 12.2 Å². The monoisotopic (exact) mass is 240 g/mol. The van der Waals surface area contributed by atoms with Crippen molar-refractivity contribution in [3.8, 4) is 0 Å². The smallest absolute Gasteiger partial charge is 0.155 e. The molecule has 98 valence electrons. The summed E-state index contributed by atoms with van der Waals surface area (Å²) in [6, 6.07) is 0. The molecule has 2 fully saturated rings. The maximum Gasteiger partial charge on any atom is 0.155 e. The Labute approximate surface area is 104 Å². The molecule has 0 spiro atoms. The van der Waals surface area contributed by atoms with Crippen LogP contribution in [0, 0.1) is 0 Å². The van der Waals surface area contributed by atoms with Crippen molar-refractivity contribution in [2.24, 2.45) is 0 Å². The fraction of sp³-hybridized carbons (Fsp3) is 0.857. The van der Waals surface area contributed by atoms with Crippen LogP contribution < -0.4 is 0 Å². The molecule has 2 rings (SSSR count). The average Bonchev–Trinajstić information content (AvgIpc) is 2.28. The van der Waals surface area contributed by atoms with Crippen molar-refractivity contribution >= 4 is 0 Å². The largest absolute Gasteiger partial charge is 0.374 e. The average molecular weight is 240 g/mol. The minimum atomic E-state index is -0.0671. The Kier molecular flexibility index (Phi) is 4.60. The van der Waals surface area contributed by atoms with Crippen molar-refractivity contribution in [3.63, 3.8) is 0 Å². The van der Waals surface area contributed by atoms with Gasteiger partial charge in [0.25, 0.3) is 0 Å². The van der Waals surface area contributed by atoms with Gasteiger partial charge in [0.2, 0.25) is 0 Å². The maximum absolute atomic E-state index is 6.06. The molecule has 0 aromatic rings. The van der Waals surface area contributed by atoms with Crippen molar-refractivity contribution in [1.29, 1.82) is 0 Å². The van der Waals surface area contributed by atoms with Gasteiger partial charge in [0, 0.05) is 6.42 Å². The van der Waals surface area contributed by atoms with E-state index in [1.54, 1.807) is 0 Å². The zero-order valence-corrected chi connectivity index (χ0v) is 11.0. The summed E-state index contributed by atoms with van der Waals surface area (Å²) < 4.78 is 17.2. The maximum atomic E-state index is 6.06. The summed E-state index contributed by atoms with van der Waals surface area (Å²) in [6.07, 6.45) is 5.91. The zero-order valence-electron chi connectivity index (χ0n) is 11.0. The zero-order chi connectivity index (χ0) is 12.3. The Morgan fingerprint density at radius 3 is 2.65 bits per heavy atom. The van der Waals surface area contributed by atoms with Crippen molar-refractivity contribution in [2.75, 3.05) is 6.61 Å². The summed E-state index contributed by atoms with van der Waals surface area (Å²) in [5, 5.41) is 0. The lowest BCUT2D eigenvalue weighted by Crippen LogP contribution is -2.36. The molecule has 3 heteroatoms. The molecule has 17 heavy (non-hydrogen) atoms. The fourth-order valence-corrected chi connectivity index (χ4v) is 2.69. The van der Waals surface area contributed by atoms with E-state index in [1.165, 1.54) is 5.57 Å². The predicted molar refractivity (Wildman–Crippen MR) is 66.8 cm³/mol. The van der Waals surface area contributed by atoms with Crippen LogP contribution in [0.4, 0.5) is 0 Å². The Morgan fingerprint density at radius 1 is 1.18 bits per heavy atom. The predicted octanol–water partition coefficient (Wildman–Crippen LogP) is 3.04. The number of ether oxygens (including phenoxy) is 3. The van der Waals surface area contributed by atoms with Crippen molar-refractivity contribution in [3.05, 3.63) is 12.2 Å². The van der Waals surface area contributed by atoms with Crippen molar-refractivity contribution < 1.29 is 14.2 Å². The van der Waals surface area contributed by atoms with Gasteiger partial charge in [-0.15, -0.1) is 0 Å². The van der Waals surface area contributed by atoms with Crippen molar-refractivity contribution in [2.45, 2.75) is 70.6 Å². The van der Waals surface area contributed by atoms with Crippen LogP contribution in [0.2, 0.25) is 0 Å². The number of hydrogen-bond donors (Lipinski definition) is 0. The molecule has 0 amide bonds. The topological polar surface area (TPSA) is 27.7 Å². The molecule has 0 aliphatic carbocycles. The summed E-state index contributed by atoms with van der Waals surface area (Å²) in [4.78, 5) is 0. The van der Waals surface area contributed by atoms with Gasteiger partial charge in [-0.25, -0.2) is 0 Å². The lowest BCUT2D eigenvalue weighted by atomic mass is 9.94. The molecule has 4 unspecified atom stereocenters. The van der Waals surface area contributed by atoms with Gasteiger partial charge in [-0.3, -0.25) is 0 Å². The molecule has 0 saturated carbocycles. The molecule has 0 N–H and O–H groups in total. The van der Waals surface area contributed by atoms with E-state index in [2.05, 4.69) is 13.5 Å². The summed E-state index contributed by atoms with van der Waals surface area (Å²) in [6.45, 7) is 9.06. The first kappa shape index (κ1) is 13.1. The van der Waals surface area contributed by atoms with E-state index in [1.807, 2.05) is 6.92 Å². The van der Waals surface area contributed by atoms with Gasteiger partial charge >= 0.3 is 0 Å². The highest BCUT2D eigenvalue weighted by atomic mass is 16.7. The molecule has 3 nitrogen and oxygen atoms in total. The molecule has 0 aromatic heterocycles. The lowest BCUT2D eigenvalue weighted by molar-refractivity contribution is -0.211. The lowest BCUT2D eigenvalue weighted by Gasteiger charge is -2.35. The third-order valence-electron chi connectivity index (χ3n) is 3.58. The van der Waals surface area contributed by atoms with Crippen LogP contribution in [-0.2, 0) is 14.2 Å². The Hall–Kier alpha value is -0.380. The third kappa shape index (κ3) is 3.80. The summed E-state index contributed by atoms with van der Waals surface area (Å²) >= 11 is 0. The van der Waals surface area contributed by atoms with Crippen LogP contribution in [0.5, 0.6) is 0 Å². The van der Waals surface area contributed by atoms with Crippen molar-refractivity contribution in [1.82, 2.24) is 0 Å². The second-order valence-electron chi connectivity index (χ2n) is 5.17. The summed E-state index contributed by atoms with van der Waals surface area (Å²) in [5.41, 5.74) is 1.33. The van der Waals surface area contributed by atoms with Crippen LogP contribution in [0.1, 0.15) is 46.0 Å². The van der Waals surface area contributed by atoms with Crippen LogP contribution in [-0.4, -0.2) is 31.2 Å². The first-order valence-corrected chi connectivity index (χ1v) is 6.76. The first-order valence-electron chi connectivity index (χ1n) is 6.76. The quantitative estimate of drug-likeness (QED) is 0.710. The molecular formula is C14H24O3. The van der Waals surface area contributed by atoms with Gasteiger partial charge in [-0.1, -0.05) is 19.1 Å². The van der Waals surface area contributed by atoms with Crippen LogP contribution in [0.3, 0.4) is 0 Å². The molecule has 2 heterocycles. The molecule has 2 aliphatic rings. The molecule has 2 aliphatic heterocycles. The summed E-state index contributed by atoms with van der Waals surface area (Å²) in [7, 11) is 0. The third-order valence-corrected chi connectivity index (χ3v) is 3.58. The van der Waals surface area contributed by atoms with E-state index >= 15 is 0 Å². The first-order chi connectivity index (χ1) is 8.17. The van der Waals surface area contributed by atoms with E-state index in [4.69, 9.17) is 14.2 Å². The van der Waals surface area contributed by atoms with Crippen LogP contribution in [0.25, 0.3) is 0 Å².